The molecule has 6 atom stereocenters. The Morgan fingerprint density at radius 1 is 1.38 bits per heavy atom. The lowest BCUT2D eigenvalue weighted by atomic mass is 9.48. The molecule has 1 aromatic carbocycles. The molecule has 0 radical (unpaired) electrons. The van der Waals surface area contributed by atoms with Gasteiger partial charge >= 0.3 is 6.09 Å². The van der Waals surface area contributed by atoms with Crippen LogP contribution in [0.5, 0.6) is 11.5 Å². The van der Waals surface area contributed by atoms with Gasteiger partial charge in [0.2, 0.25) is 11.8 Å². The second-order valence-corrected chi connectivity index (χ2v) is 11.8. The number of ketones is 1. The van der Waals surface area contributed by atoms with Crippen LogP contribution in [0.4, 0.5) is 4.79 Å². The van der Waals surface area contributed by atoms with Crippen LogP contribution in [-0.2, 0) is 26.2 Å². The van der Waals surface area contributed by atoms with Crippen LogP contribution < -0.4 is 31.4 Å². The number of amides is 3. The monoisotopic (exact) mass is 555 g/mol. The SMILES string of the molecule is C=CC[N+]1(C)CC[C@]23c4c5ccc(OC(=O)N(C)CCNC(=O)[C@@H](N)CC(N)=O)c4O[C@H]2C(=O)CC[C@@]3([O-])[C@H]1C5. The smallest absolute Gasteiger partial charge is 0.415 e. The summed E-state index contributed by atoms with van der Waals surface area (Å²) in [5, 5.41) is 17.5. The van der Waals surface area contributed by atoms with Crippen LogP contribution in [0.15, 0.2) is 24.8 Å². The second-order valence-electron chi connectivity index (χ2n) is 11.8. The third kappa shape index (κ3) is 4.08. The van der Waals surface area contributed by atoms with Crippen molar-refractivity contribution in [2.75, 3.05) is 40.3 Å². The molecule has 40 heavy (non-hydrogen) atoms. The Hall–Kier alpha value is -3.48. The number of likely N-dealkylation sites (N-methyl/N-ethyl adjacent to an activating group) is 2. The molecule has 2 bridgehead atoms. The molecule has 2 fully saturated rings. The number of primary amides is 1. The summed E-state index contributed by atoms with van der Waals surface area (Å²) in [7, 11) is 3.61. The number of Topliss-reactive ketones (excluding diaryl/α,β-unsaturated/α-hetero) is 1. The first kappa shape index (κ1) is 28.1. The quantitative estimate of drug-likeness (QED) is 0.253. The van der Waals surface area contributed by atoms with Crippen molar-refractivity contribution in [2.24, 2.45) is 11.5 Å². The maximum absolute atomic E-state index is 14.9. The van der Waals surface area contributed by atoms with E-state index in [4.69, 9.17) is 20.9 Å². The number of quaternary nitrogens is 1. The highest BCUT2D eigenvalue weighted by Crippen LogP contribution is 2.64. The number of carbonyl (C=O) groups excluding carboxylic acids is 4. The van der Waals surface area contributed by atoms with Gasteiger partial charge in [0.25, 0.3) is 0 Å². The van der Waals surface area contributed by atoms with Crippen LogP contribution in [0.1, 0.15) is 36.8 Å². The average molecular weight is 556 g/mol. The van der Waals surface area contributed by atoms with Crippen LogP contribution in [0.2, 0.25) is 0 Å². The Morgan fingerprint density at radius 3 is 2.83 bits per heavy atom. The molecule has 2 aliphatic carbocycles. The van der Waals surface area contributed by atoms with Gasteiger partial charge in [-0.3, -0.25) is 14.4 Å². The van der Waals surface area contributed by atoms with Crippen molar-refractivity contribution in [1.82, 2.24) is 10.2 Å². The van der Waals surface area contributed by atoms with Crippen LogP contribution in [-0.4, -0.2) is 97.1 Å². The van der Waals surface area contributed by atoms with E-state index in [1.165, 1.54) is 11.9 Å². The maximum atomic E-state index is 14.9. The lowest BCUT2D eigenvalue weighted by Crippen LogP contribution is -2.85. The van der Waals surface area contributed by atoms with Crippen LogP contribution in [0, 0.1) is 0 Å². The van der Waals surface area contributed by atoms with Crippen molar-refractivity contribution in [2.45, 2.75) is 61.3 Å². The summed E-state index contributed by atoms with van der Waals surface area (Å²) < 4.78 is 12.6. The van der Waals surface area contributed by atoms with Gasteiger partial charge in [-0.2, -0.15) is 0 Å². The van der Waals surface area contributed by atoms with Gasteiger partial charge in [0.05, 0.1) is 38.6 Å². The molecular weight excluding hydrogens is 518 g/mol. The van der Waals surface area contributed by atoms with Crippen molar-refractivity contribution >= 4 is 23.7 Å². The standard InChI is InChI=1S/C28H37N5O7/c1-4-12-33(3)13-9-27-22-16-5-6-19(23(22)40-24(27)18(34)7-8-28(27,38)20(33)14-16)39-26(37)32(2)11-10-31-25(36)17(29)15-21(30)35/h4-6,17,20,24H,1,7-15,29H2,2-3H3,(H2,30,35)(H,31,36)/t17-,20+,24-,27-,28+,33?/m0/s1. The molecule has 1 unspecified atom stereocenters. The summed E-state index contributed by atoms with van der Waals surface area (Å²) in [4.78, 5) is 50.4. The first-order chi connectivity index (χ1) is 18.9. The van der Waals surface area contributed by atoms with E-state index in [2.05, 4.69) is 18.9 Å². The number of nitrogens with one attached hydrogen (secondary N) is 1. The molecule has 2 heterocycles. The number of carbonyl (C=O) groups is 4. The molecule has 216 valence electrons. The van der Waals surface area contributed by atoms with Crippen molar-refractivity contribution in [1.29, 1.82) is 0 Å². The molecular formula is C28H37N5O7. The van der Waals surface area contributed by atoms with Crippen molar-refractivity contribution in [3.8, 4) is 11.5 Å². The molecule has 0 aromatic heterocycles. The van der Waals surface area contributed by atoms with Gasteiger partial charge in [0, 0.05) is 50.4 Å². The highest BCUT2D eigenvalue weighted by molar-refractivity contribution is 5.90. The Balaban J connectivity index is 1.37. The zero-order valence-electron chi connectivity index (χ0n) is 22.9. The third-order valence-electron chi connectivity index (χ3n) is 9.41. The van der Waals surface area contributed by atoms with E-state index in [1.54, 1.807) is 6.07 Å². The number of nitrogens with zero attached hydrogens (tertiary/aromatic N) is 2. The molecule has 4 aliphatic rings. The predicted molar refractivity (Wildman–Crippen MR) is 141 cm³/mol. The van der Waals surface area contributed by atoms with E-state index in [0.29, 0.717) is 36.2 Å². The minimum absolute atomic E-state index is 0.0753. The molecule has 3 amide bonds. The van der Waals surface area contributed by atoms with Gasteiger partial charge in [0.1, 0.15) is 0 Å². The maximum Gasteiger partial charge on any atom is 0.415 e. The Labute approximate surface area is 232 Å². The lowest BCUT2D eigenvalue weighted by molar-refractivity contribution is -0.954. The lowest BCUT2D eigenvalue weighted by Gasteiger charge is -2.70. The molecule has 5 rings (SSSR count). The van der Waals surface area contributed by atoms with E-state index in [9.17, 15) is 24.3 Å². The van der Waals surface area contributed by atoms with E-state index in [1.807, 2.05) is 12.1 Å². The first-order valence-electron chi connectivity index (χ1n) is 13.6. The van der Waals surface area contributed by atoms with E-state index >= 15 is 0 Å². The number of hydrogen-bond donors (Lipinski definition) is 3. The van der Waals surface area contributed by atoms with Crippen molar-refractivity contribution < 1.29 is 38.2 Å². The van der Waals surface area contributed by atoms with Crippen LogP contribution in [0.3, 0.4) is 0 Å². The molecule has 1 saturated carbocycles. The number of likely N-dealkylation sites (tertiary alicyclic amines) is 1. The number of hydrogen-bond acceptors (Lipinski definition) is 8. The second kappa shape index (κ2) is 9.86. The molecule has 12 heteroatoms. The highest BCUT2D eigenvalue weighted by atomic mass is 16.6. The fourth-order valence-electron chi connectivity index (χ4n) is 7.43. The summed E-state index contributed by atoms with van der Waals surface area (Å²) in [6, 6.07) is 2.24. The third-order valence-corrected chi connectivity index (χ3v) is 9.41. The molecule has 2 aliphatic heterocycles. The molecule has 12 nitrogen and oxygen atoms in total. The number of piperidine rings is 1. The van der Waals surface area contributed by atoms with Crippen LogP contribution >= 0.6 is 0 Å². The fourth-order valence-corrected chi connectivity index (χ4v) is 7.43. The van der Waals surface area contributed by atoms with Crippen molar-refractivity contribution in [3.05, 3.63) is 35.9 Å². The minimum Gasteiger partial charge on any atom is -0.844 e. The van der Waals surface area contributed by atoms with E-state index in [-0.39, 0.29) is 49.9 Å². The topological polar surface area (TPSA) is 177 Å². The largest absolute Gasteiger partial charge is 0.844 e. The van der Waals surface area contributed by atoms with Crippen LogP contribution in [0.25, 0.3) is 0 Å². The summed E-state index contributed by atoms with van der Waals surface area (Å²) in [6.07, 6.45) is 1.45. The van der Waals surface area contributed by atoms with E-state index < -0.39 is 41.1 Å². The summed E-state index contributed by atoms with van der Waals surface area (Å²) in [5.41, 5.74) is 9.98. The Kier molecular flexibility index (Phi) is 6.92. The van der Waals surface area contributed by atoms with Gasteiger partial charge in [-0.15, -0.1) is 0 Å². The van der Waals surface area contributed by atoms with Gasteiger partial charge < -0.3 is 40.7 Å². The number of benzene rings is 1. The van der Waals surface area contributed by atoms with Crippen molar-refractivity contribution in [3.63, 3.8) is 0 Å². The average Bonchev–Trinajstić information content (AvgIpc) is 3.26. The fraction of sp³-hybridized carbons (Fsp3) is 0.571. The van der Waals surface area contributed by atoms with E-state index in [0.717, 1.165) is 11.1 Å². The number of nitrogens with two attached hydrogens (primary N) is 2. The number of rotatable bonds is 9. The zero-order chi connectivity index (χ0) is 29.0. The number of ether oxygens (including phenoxy) is 2. The Bertz CT molecular complexity index is 1290. The molecule has 1 spiro atoms. The highest BCUT2D eigenvalue weighted by Gasteiger charge is 2.71. The first-order valence-corrected chi connectivity index (χ1v) is 13.6. The Morgan fingerprint density at radius 2 is 2.12 bits per heavy atom. The summed E-state index contributed by atoms with van der Waals surface area (Å²) in [5.74, 6) is -0.863. The summed E-state index contributed by atoms with van der Waals surface area (Å²) in [6.45, 7) is 5.49. The van der Waals surface area contributed by atoms with Gasteiger partial charge in [-0.1, -0.05) is 12.6 Å². The predicted octanol–water partition coefficient (Wildman–Crippen LogP) is -1.14. The minimum atomic E-state index is -1.40. The molecule has 1 aromatic rings. The molecule has 1 saturated heterocycles. The van der Waals surface area contributed by atoms with Gasteiger partial charge in [-0.25, -0.2) is 4.79 Å². The zero-order valence-corrected chi connectivity index (χ0v) is 22.9. The molecule has 5 N–H and O–H groups in total. The van der Waals surface area contributed by atoms with Gasteiger partial charge in [-0.05, 0) is 29.7 Å². The normalized spacial score (nSPS) is 31.9. The van der Waals surface area contributed by atoms with Gasteiger partial charge in [0.15, 0.2) is 23.4 Å². The summed E-state index contributed by atoms with van der Waals surface area (Å²) >= 11 is 0.